The molecule has 1 atom stereocenters. The molecule has 0 radical (unpaired) electrons. The zero-order chi connectivity index (χ0) is 21.3. The summed E-state index contributed by atoms with van der Waals surface area (Å²) < 4.78 is 27.9. The van der Waals surface area contributed by atoms with E-state index in [1.54, 1.807) is 18.2 Å². The number of amides is 1. The zero-order valence-corrected chi connectivity index (χ0v) is 17.8. The van der Waals surface area contributed by atoms with Crippen LogP contribution in [-0.2, 0) is 23.0 Å². The van der Waals surface area contributed by atoms with Gasteiger partial charge in [-0.05, 0) is 67.3 Å². The standard InChI is InChI=1S/C24H24N2O3S/c1-17-7-6-10-22(13-17)30(28,29)25-16-19-11-12-21-14-18(2)26(23(21)15-19)24(27)20-8-4-3-5-9-20/h3-13,15,18,25H,14,16H2,1-2H3/t18-/m0/s1. The SMILES string of the molecule is Cc1cccc(S(=O)(=O)NCc2ccc3c(c2)N(C(=O)c2ccccc2)[C@@H](C)C3)c1. The second kappa shape index (κ2) is 8.05. The maximum Gasteiger partial charge on any atom is 0.258 e. The van der Waals surface area contributed by atoms with Crippen molar-refractivity contribution < 1.29 is 13.2 Å². The minimum atomic E-state index is -3.61. The van der Waals surface area contributed by atoms with Crippen LogP contribution in [0.3, 0.4) is 0 Å². The van der Waals surface area contributed by atoms with Crippen molar-refractivity contribution in [3.63, 3.8) is 0 Å². The molecule has 3 aromatic carbocycles. The van der Waals surface area contributed by atoms with Gasteiger partial charge in [0.05, 0.1) is 4.90 Å². The second-order valence-electron chi connectivity index (χ2n) is 7.70. The molecule has 0 aromatic heterocycles. The van der Waals surface area contributed by atoms with Crippen molar-refractivity contribution >= 4 is 21.6 Å². The van der Waals surface area contributed by atoms with Gasteiger partial charge in [0.1, 0.15) is 0 Å². The molecule has 0 saturated carbocycles. The van der Waals surface area contributed by atoms with Crippen LogP contribution in [0, 0.1) is 6.92 Å². The van der Waals surface area contributed by atoms with E-state index >= 15 is 0 Å². The van der Waals surface area contributed by atoms with E-state index in [2.05, 4.69) is 4.72 Å². The van der Waals surface area contributed by atoms with Gasteiger partial charge in [0.2, 0.25) is 10.0 Å². The fourth-order valence-electron chi connectivity index (χ4n) is 3.84. The van der Waals surface area contributed by atoms with Crippen molar-refractivity contribution in [2.24, 2.45) is 0 Å². The van der Waals surface area contributed by atoms with E-state index in [1.165, 1.54) is 0 Å². The summed E-state index contributed by atoms with van der Waals surface area (Å²) >= 11 is 0. The van der Waals surface area contributed by atoms with Gasteiger partial charge in [0.15, 0.2) is 0 Å². The fourth-order valence-corrected chi connectivity index (χ4v) is 4.96. The summed E-state index contributed by atoms with van der Waals surface area (Å²) in [5.74, 6) is -0.0423. The Labute approximate surface area is 177 Å². The van der Waals surface area contributed by atoms with Crippen molar-refractivity contribution in [3.8, 4) is 0 Å². The number of hydrogen-bond donors (Lipinski definition) is 1. The van der Waals surface area contributed by atoms with Crippen molar-refractivity contribution in [2.45, 2.75) is 37.8 Å². The summed E-state index contributed by atoms with van der Waals surface area (Å²) in [4.78, 5) is 15.1. The highest BCUT2D eigenvalue weighted by atomic mass is 32.2. The van der Waals surface area contributed by atoms with Crippen molar-refractivity contribution in [3.05, 3.63) is 95.1 Å². The Hall–Kier alpha value is -2.96. The third-order valence-corrected chi connectivity index (χ3v) is 6.77. The average molecular weight is 421 g/mol. The predicted molar refractivity (Wildman–Crippen MR) is 118 cm³/mol. The fraction of sp³-hybridized carbons (Fsp3) is 0.208. The number of benzene rings is 3. The van der Waals surface area contributed by atoms with E-state index in [9.17, 15) is 13.2 Å². The summed E-state index contributed by atoms with van der Waals surface area (Å²) in [6, 6.07) is 21.9. The Morgan fingerprint density at radius 1 is 1.03 bits per heavy atom. The number of nitrogens with zero attached hydrogens (tertiary/aromatic N) is 1. The number of anilines is 1. The normalized spacial score (nSPS) is 15.8. The van der Waals surface area contributed by atoms with Gasteiger partial charge in [-0.2, -0.15) is 0 Å². The molecule has 0 bridgehead atoms. The number of rotatable bonds is 5. The molecule has 4 rings (SSSR count). The van der Waals surface area contributed by atoms with E-state index in [0.29, 0.717) is 5.56 Å². The molecule has 1 N–H and O–H groups in total. The first kappa shape index (κ1) is 20.3. The van der Waals surface area contributed by atoms with Gasteiger partial charge in [-0.3, -0.25) is 4.79 Å². The van der Waals surface area contributed by atoms with Gasteiger partial charge in [-0.1, -0.05) is 42.5 Å². The number of sulfonamides is 1. The lowest BCUT2D eigenvalue weighted by molar-refractivity contribution is 0.0981. The van der Waals surface area contributed by atoms with Crippen molar-refractivity contribution in [2.75, 3.05) is 4.90 Å². The molecule has 0 saturated heterocycles. The summed E-state index contributed by atoms with van der Waals surface area (Å²) in [7, 11) is -3.61. The van der Waals surface area contributed by atoms with E-state index < -0.39 is 10.0 Å². The topological polar surface area (TPSA) is 66.5 Å². The van der Waals surface area contributed by atoms with Crippen LogP contribution >= 0.6 is 0 Å². The van der Waals surface area contributed by atoms with Crippen molar-refractivity contribution in [1.29, 1.82) is 0 Å². The monoisotopic (exact) mass is 420 g/mol. The van der Waals surface area contributed by atoms with Gasteiger partial charge in [-0.25, -0.2) is 13.1 Å². The van der Waals surface area contributed by atoms with Crippen LogP contribution in [0.4, 0.5) is 5.69 Å². The molecular weight excluding hydrogens is 396 g/mol. The molecule has 5 nitrogen and oxygen atoms in total. The molecule has 0 spiro atoms. The lowest BCUT2D eigenvalue weighted by Gasteiger charge is -2.23. The van der Waals surface area contributed by atoms with Gasteiger partial charge in [0, 0.05) is 23.8 Å². The number of carbonyl (C=O) groups excluding carboxylic acids is 1. The Balaban J connectivity index is 1.57. The molecule has 0 fully saturated rings. The van der Waals surface area contributed by atoms with Crippen molar-refractivity contribution in [1.82, 2.24) is 4.72 Å². The van der Waals surface area contributed by atoms with Crippen LogP contribution < -0.4 is 9.62 Å². The Kier molecular flexibility index (Phi) is 5.45. The lowest BCUT2D eigenvalue weighted by atomic mass is 10.1. The first-order valence-corrected chi connectivity index (χ1v) is 11.4. The van der Waals surface area contributed by atoms with Crippen LogP contribution in [0.5, 0.6) is 0 Å². The molecular formula is C24H24N2O3S. The molecule has 30 heavy (non-hydrogen) atoms. The van der Waals surface area contributed by atoms with Crippen LogP contribution in [0.25, 0.3) is 0 Å². The predicted octanol–water partition coefficient (Wildman–Crippen LogP) is 4.06. The second-order valence-corrected chi connectivity index (χ2v) is 9.47. The minimum Gasteiger partial charge on any atom is -0.305 e. The highest BCUT2D eigenvalue weighted by Crippen LogP contribution is 2.34. The molecule has 0 unspecified atom stereocenters. The highest BCUT2D eigenvalue weighted by Gasteiger charge is 2.31. The highest BCUT2D eigenvalue weighted by molar-refractivity contribution is 7.89. The maximum atomic E-state index is 13.1. The largest absolute Gasteiger partial charge is 0.305 e. The van der Waals surface area contributed by atoms with E-state index in [-0.39, 0.29) is 23.4 Å². The molecule has 1 aliphatic heterocycles. The van der Waals surface area contributed by atoms with Crippen LogP contribution in [0.15, 0.2) is 77.7 Å². The van der Waals surface area contributed by atoms with E-state index in [1.807, 2.05) is 73.3 Å². The maximum absolute atomic E-state index is 13.1. The molecule has 6 heteroatoms. The number of fused-ring (bicyclic) bond motifs is 1. The molecule has 154 valence electrons. The van der Waals surface area contributed by atoms with Gasteiger partial charge < -0.3 is 4.90 Å². The first-order valence-electron chi connectivity index (χ1n) is 9.92. The molecule has 1 heterocycles. The first-order chi connectivity index (χ1) is 14.3. The minimum absolute atomic E-state index is 0.0423. The van der Waals surface area contributed by atoms with E-state index in [4.69, 9.17) is 0 Å². The number of nitrogens with one attached hydrogen (secondary N) is 1. The summed E-state index contributed by atoms with van der Waals surface area (Å²) in [5, 5.41) is 0. The van der Waals surface area contributed by atoms with Gasteiger partial charge in [0.25, 0.3) is 5.91 Å². The van der Waals surface area contributed by atoms with Crippen LogP contribution in [0.2, 0.25) is 0 Å². The average Bonchev–Trinajstić information content (AvgIpc) is 3.07. The third kappa shape index (κ3) is 4.01. The number of carbonyl (C=O) groups is 1. The van der Waals surface area contributed by atoms with E-state index in [0.717, 1.165) is 28.8 Å². The molecule has 3 aromatic rings. The van der Waals surface area contributed by atoms with Gasteiger partial charge >= 0.3 is 0 Å². The smallest absolute Gasteiger partial charge is 0.258 e. The number of hydrogen-bond acceptors (Lipinski definition) is 3. The summed E-state index contributed by atoms with van der Waals surface area (Å²) in [5.41, 5.74) is 4.29. The zero-order valence-electron chi connectivity index (χ0n) is 17.0. The molecule has 1 amide bonds. The lowest BCUT2D eigenvalue weighted by Crippen LogP contribution is -2.35. The summed E-state index contributed by atoms with van der Waals surface area (Å²) in [6.45, 7) is 4.05. The van der Waals surface area contributed by atoms with Gasteiger partial charge in [-0.15, -0.1) is 0 Å². The molecule has 0 aliphatic carbocycles. The Morgan fingerprint density at radius 3 is 2.53 bits per heavy atom. The molecule has 1 aliphatic rings. The van der Waals surface area contributed by atoms with Crippen LogP contribution in [-0.4, -0.2) is 20.4 Å². The summed E-state index contributed by atoms with van der Waals surface area (Å²) in [6.07, 6.45) is 0.781. The number of aryl methyl sites for hydroxylation is 1. The Morgan fingerprint density at radius 2 is 1.80 bits per heavy atom. The quantitative estimate of drug-likeness (QED) is 0.677. The third-order valence-electron chi connectivity index (χ3n) is 5.37. The van der Waals surface area contributed by atoms with Crippen LogP contribution in [0.1, 0.15) is 34.0 Å². The Bertz CT molecular complexity index is 1190.